The van der Waals surface area contributed by atoms with Crippen LogP contribution in [0.15, 0.2) is 72.2 Å². The second-order valence-corrected chi connectivity index (χ2v) is 9.25. The number of hydrogen-bond donors (Lipinski definition) is 3. The van der Waals surface area contributed by atoms with Crippen molar-refractivity contribution in [3.8, 4) is 5.75 Å². The smallest absolute Gasteiger partial charge is 0.262 e. The van der Waals surface area contributed by atoms with Gasteiger partial charge in [0.2, 0.25) is 5.91 Å². The number of aromatic amines is 1. The van der Waals surface area contributed by atoms with Crippen LogP contribution in [0.4, 0.5) is 0 Å². The maximum Gasteiger partial charge on any atom is 0.262 e. The summed E-state index contributed by atoms with van der Waals surface area (Å²) >= 11 is 7.23. The van der Waals surface area contributed by atoms with Gasteiger partial charge in [0.25, 0.3) is 5.91 Å². The Morgan fingerprint density at radius 1 is 1.03 bits per heavy atom. The summed E-state index contributed by atoms with van der Waals surface area (Å²) < 4.78 is 5.69. The first-order valence-electron chi connectivity index (χ1n) is 11.2. The van der Waals surface area contributed by atoms with E-state index in [0.717, 1.165) is 35.1 Å². The van der Waals surface area contributed by atoms with Crippen molar-refractivity contribution in [1.29, 1.82) is 0 Å². The van der Waals surface area contributed by atoms with Crippen LogP contribution in [0, 0.1) is 0 Å². The molecule has 0 spiro atoms. The molecular weight excluding hydrogens is 470 g/mol. The second kappa shape index (κ2) is 11.7. The van der Waals surface area contributed by atoms with E-state index >= 15 is 0 Å². The van der Waals surface area contributed by atoms with Gasteiger partial charge in [-0.05, 0) is 60.2 Å². The quantitative estimate of drug-likeness (QED) is 0.250. The molecule has 4 aromatic rings. The number of amides is 2. The van der Waals surface area contributed by atoms with Crippen LogP contribution in [0.25, 0.3) is 10.9 Å². The van der Waals surface area contributed by atoms with Crippen LogP contribution in [0.2, 0.25) is 5.02 Å². The summed E-state index contributed by atoms with van der Waals surface area (Å²) in [5.41, 5.74) is 1.99. The van der Waals surface area contributed by atoms with Crippen LogP contribution in [0.5, 0.6) is 5.75 Å². The Morgan fingerprint density at radius 2 is 1.85 bits per heavy atom. The van der Waals surface area contributed by atoms with Gasteiger partial charge in [0.15, 0.2) is 0 Å². The number of hydrogen-bond acceptors (Lipinski definition) is 4. The number of fused-ring (bicyclic) bond motifs is 1. The zero-order valence-electron chi connectivity index (χ0n) is 18.6. The van der Waals surface area contributed by atoms with Gasteiger partial charge in [-0.15, -0.1) is 11.3 Å². The molecule has 2 amide bonds. The van der Waals surface area contributed by atoms with E-state index in [-0.39, 0.29) is 11.8 Å². The summed E-state index contributed by atoms with van der Waals surface area (Å²) in [7, 11) is 0. The molecule has 2 aromatic carbocycles. The Hall–Kier alpha value is -3.29. The van der Waals surface area contributed by atoms with Crippen LogP contribution < -0.4 is 15.4 Å². The number of H-pyrrole nitrogens is 1. The minimum absolute atomic E-state index is 0.200. The van der Waals surface area contributed by atoms with Crippen molar-refractivity contribution < 1.29 is 14.3 Å². The van der Waals surface area contributed by atoms with Gasteiger partial charge in [0.1, 0.15) is 11.8 Å². The van der Waals surface area contributed by atoms with Crippen LogP contribution in [0.1, 0.15) is 28.1 Å². The van der Waals surface area contributed by atoms with Gasteiger partial charge < -0.3 is 20.4 Å². The first-order valence-corrected chi connectivity index (χ1v) is 12.4. The molecule has 2 aromatic heterocycles. The average Bonchev–Trinajstić information content (AvgIpc) is 3.53. The lowest BCUT2D eigenvalue weighted by atomic mass is 10.0. The van der Waals surface area contributed by atoms with Gasteiger partial charge >= 0.3 is 0 Å². The molecule has 2 heterocycles. The van der Waals surface area contributed by atoms with Crippen LogP contribution in [-0.2, 0) is 11.2 Å². The van der Waals surface area contributed by atoms with E-state index < -0.39 is 6.04 Å². The molecule has 34 heavy (non-hydrogen) atoms. The third-order valence-corrected chi connectivity index (χ3v) is 6.54. The first-order chi connectivity index (χ1) is 16.6. The third-order valence-electron chi connectivity index (χ3n) is 5.42. The Morgan fingerprint density at radius 3 is 2.65 bits per heavy atom. The topological polar surface area (TPSA) is 83.2 Å². The number of halogens is 1. The van der Waals surface area contributed by atoms with Gasteiger partial charge in [0, 0.05) is 35.1 Å². The van der Waals surface area contributed by atoms with Crippen molar-refractivity contribution in [1.82, 2.24) is 15.6 Å². The Balaban J connectivity index is 1.31. The molecule has 0 saturated heterocycles. The first kappa shape index (κ1) is 23.9. The zero-order valence-corrected chi connectivity index (χ0v) is 20.1. The molecule has 6 nitrogen and oxygen atoms in total. The van der Waals surface area contributed by atoms with E-state index in [0.29, 0.717) is 29.5 Å². The van der Waals surface area contributed by atoms with Crippen molar-refractivity contribution in [3.63, 3.8) is 0 Å². The molecule has 0 aliphatic rings. The number of para-hydroxylation sites is 1. The van der Waals surface area contributed by atoms with Crippen molar-refractivity contribution in [2.45, 2.75) is 25.3 Å². The molecule has 0 unspecified atom stereocenters. The van der Waals surface area contributed by atoms with Crippen LogP contribution >= 0.6 is 22.9 Å². The van der Waals surface area contributed by atoms with Crippen LogP contribution in [0.3, 0.4) is 0 Å². The number of thiophene rings is 1. The summed E-state index contributed by atoms with van der Waals surface area (Å²) in [6.07, 6.45) is 3.85. The molecule has 0 radical (unpaired) electrons. The van der Waals surface area contributed by atoms with Gasteiger partial charge in [-0.25, -0.2) is 0 Å². The molecule has 0 aliphatic carbocycles. The Kier molecular flexibility index (Phi) is 8.22. The summed E-state index contributed by atoms with van der Waals surface area (Å²) in [4.78, 5) is 29.5. The maximum atomic E-state index is 13.0. The number of carbonyl (C=O) groups excluding carboxylic acids is 2. The van der Waals surface area contributed by atoms with E-state index in [9.17, 15) is 9.59 Å². The predicted octanol–water partition coefficient (Wildman–Crippen LogP) is 5.20. The van der Waals surface area contributed by atoms with E-state index in [1.165, 1.54) is 11.3 Å². The number of unbranched alkanes of at least 4 members (excludes halogenated alkanes) is 1. The fourth-order valence-corrected chi connectivity index (χ4v) is 4.40. The van der Waals surface area contributed by atoms with Gasteiger partial charge in [-0.3, -0.25) is 9.59 Å². The lowest BCUT2D eigenvalue weighted by molar-refractivity contribution is -0.122. The van der Waals surface area contributed by atoms with Gasteiger partial charge in [-0.1, -0.05) is 35.9 Å². The Bertz CT molecular complexity index is 1220. The van der Waals surface area contributed by atoms with Gasteiger partial charge in [0.05, 0.1) is 11.5 Å². The van der Waals surface area contributed by atoms with Crippen molar-refractivity contribution >= 4 is 45.7 Å². The monoisotopic (exact) mass is 495 g/mol. The van der Waals surface area contributed by atoms with E-state index in [2.05, 4.69) is 15.6 Å². The van der Waals surface area contributed by atoms with Crippen molar-refractivity contribution in [2.75, 3.05) is 13.2 Å². The van der Waals surface area contributed by atoms with E-state index in [1.54, 1.807) is 18.2 Å². The van der Waals surface area contributed by atoms with E-state index in [4.69, 9.17) is 16.3 Å². The minimum atomic E-state index is -0.681. The number of aromatic nitrogens is 1. The SMILES string of the molecule is O=C(N[C@@H](Cc1c[nH]c2ccccc12)C(=O)NCCCCOc1ccc(Cl)cc1)c1cccs1. The molecule has 4 rings (SSSR count). The highest BCUT2D eigenvalue weighted by atomic mass is 35.5. The zero-order chi connectivity index (χ0) is 23.8. The number of rotatable bonds is 11. The maximum absolute atomic E-state index is 13.0. The third kappa shape index (κ3) is 6.40. The average molecular weight is 496 g/mol. The molecule has 8 heteroatoms. The molecule has 0 fully saturated rings. The highest BCUT2D eigenvalue weighted by Crippen LogP contribution is 2.20. The number of benzene rings is 2. The van der Waals surface area contributed by atoms with Gasteiger partial charge in [-0.2, -0.15) is 0 Å². The number of nitrogens with one attached hydrogen (secondary N) is 3. The fraction of sp³-hybridized carbons (Fsp3) is 0.231. The molecule has 176 valence electrons. The summed E-state index contributed by atoms with van der Waals surface area (Å²) in [5, 5.41) is 9.44. The van der Waals surface area contributed by atoms with Crippen molar-refractivity contribution in [3.05, 3.63) is 87.7 Å². The molecule has 3 N–H and O–H groups in total. The lowest BCUT2D eigenvalue weighted by Gasteiger charge is -2.18. The standard InChI is InChI=1S/C26H26ClN3O3S/c27-19-9-11-20(12-10-19)33-14-4-3-13-28-25(31)23(30-26(32)24-8-5-15-34-24)16-18-17-29-22-7-2-1-6-21(18)22/h1-2,5-12,15,17,23,29H,3-4,13-14,16H2,(H,28,31)(H,30,32)/t23-/m0/s1. The predicted molar refractivity (Wildman–Crippen MR) is 137 cm³/mol. The lowest BCUT2D eigenvalue weighted by Crippen LogP contribution is -2.48. The molecule has 0 bridgehead atoms. The van der Waals surface area contributed by atoms with Crippen LogP contribution in [-0.4, -0.2) is 36.0 Å². The summed E-state index contributed by atoms with van der Waals surface area (Å²) in [6.45, 7) is 1.05. The molecule has 0 saturated carbocycles. The van der Waals surface area contributed by atoms with E-state index in [1.807, 2.05) is 54.0 Å². The highest BCUT2D eigenvalue weighted by molar-refractivity contribution is 7.12. The normalized spacial score (nSPS) is 11.8. The summed E-state index contributed by atoms with van der Waals surface area (Å²) in [6, 6.07) is 18.0. The molecule has 1 atom stereocenters. The summed E-state index contributed by atoms with van der Waals surface area (Å²) in [5.74, 6) is 0.323. The van der Waals surface area contributed by atoms with Crippen molar-refractivity contribution in [2.24, 2.45) is 0 Å². The highest BCUT2D eigenvalue weighted by Gasteiger charge is 2.23. The minimum Gasteiger partial charge on any atom is -0.494 e. The second-order valence-electron chi connectivity index (χ2n) is 7.87. The largest absolute Gasteiger partial charge is 0.494 e. The molecular formula is C26H26ClN3O3S. The number of ether oxygens (including phenoxy) is 1. The fourth-order valence-electron chi connectivity index (χ4n) is 3.65. The number of carbonyl (C=O) groups is 2. The molecule has 0 aliphatic heterocycles. The Labute approximate surface area is 207 Å².